The average Bonchev–Trinajstić information content (AvgIpc) is 2.80. The van der Waals surface area contributed by atoms with Crippen LogP contribution in [-0.2, 0) is 6.61 Å². The molecule has 0 amide bonds. The van der Waals surface area contributed by atoms with Crippen molar-refractivity contribution in [3.63, 3.8) is 0 Å². The maximum atomic E-state index is 13.0. The van der Waals surface area contributed by atoms with Crippen molar-refractivity contribution in [2.24, 2.45) is 0 Å². The molecule has 4 heteroatoms. The Labute approximate surface area is 108 Å². The van der Waals surface area contributed by atoms with Gasteiger partial charge in [-0.15, -0.1) is 0 Å². The van der Waals surface area contributed by atoms with Crippen LogP contribution in [0.4, 0.5) is 4.39 Å². The Morgan fingerprint density at radius 2 is 1.89 bits per heavy atom. The van der Waals surface area contributed by atoms with Crippen molar-refractivity contribution in [3.05, 3.63) is 60.1 Å². The van der Waals surface area contributed by atoms with Crippen molar-refractivity contribution in [1.29, 1.82) is 0 Å². The molecule has 1 aromatic heterocycles. The fourth-order valence-corrected chi connectivity index (χ4v) is 1.87. The summed E-state index contributed by atoms with van der Waals surface area (Å²) in [6.07, 6.45) is 1.56. The molecule has 3 aromatic rings. The number of benzene rings is 2. The summed E-state index contributed by atoms with van der Waals surface area (Å²) in [5.41, 5.74) is 1.35. The number of ether oxygens (including phenoxy) is 1. The molecule has 0 aliphatic rings. The molecule has 1 N–H and O–H groups in total. The van der Waals surface area contributed by atoms with Crippen LogP contribution in [-0.4, -0.2) is 5.11 Å². The summed E-state index contributed by atoms with van der Waals surface area (Å²) in [5, 5.41) is 10.0. The summed E-state index contributed by atoms with van der Waals surface area (Å²) < 4.78 is 23.9. The second kappa shape index (κ2) is 4.65. The van der Waals surface area contributed by atoms with Crippen LogP contribution in [0.15, 0.2) is 53.1 Å². The van der Waals surface area contributed by atoms with Gasteiger partial charge in [-0.05, 0) is 36.4 Å². The highest BCUT2D eigenvalue weighted by molar-refractivity contribution is 5.80. The van der Waals surface area contributed by atoms with Crippen LogP contribution in [0.25, 0.3) is 11.0 Å². The number of halogens is 1. The van der Waals surface area contributed by atoms with Crippen molar-refractivity contribution < 1.29 is 18.7 Å². The van der Waals surface area contributed by atoms with E-state index in [9.17, 15) is 9.50 Å². The number of fused-ring (bicyclic) bond motifs is 1. The Morgan fingerprint density at radius 1 is 1.11 bits per heavy atom. The fourth-order valence-electron chi connectivity index (χ4n) is 1.87. The van der Waals surface area contributed by atoms with Gasteiger partial charge in [-0.1, -0.05) is 0 Å². The van der Waals surface area contributed by atoms with Gasteiger partial charge in [-0.2, -0.15) is 0 Å². The summed E-state index contributed by atoms with van der Waals surface area (Å²) >= 11 is 0. The molecule has 0 fully saturated rings. The Kier molecular flexibility index (Phi) is 2.83. The lowest BCUT2D eigenvalue weighted by Gasteiger charge is -2.04. The summed E-state index contributed by atoms with van der Waals surface area (Å²) in [6.45, 7) is 0.323. The quantitative estimate of drug-likeness (QED) is 0.775. The van der Waals surface area contributed by atoms with Crippen molar-refractivity contribution in [1.82, 2.24) is 0 Å². The second-order valence-electron chi connectivity index (χ2n) is 4.18. The zero-order valence-corrected chi connectivity index (χ0v) is 9.97. The van der Waals surface area contributed by atoms with Gasteiger partial charge in [0.05, 0.1) is 6.26 Å². The number of hydrogen-bond acceptors (Lipinski definition) is 3. The Balaban J connectivity index is 1.80. The van der Waals surface area contributed by atoms with Gasteiger partial charge >= 0.3 is 0 Å². The molecule has 0 radical (unpaired) electrons. The van der Waals surface area contributed by atoms with Crippen LogP contribution in [0.3, 0.4) is 0 Å². The first-order chi connectivity index (χ1) is 9.22. The van der Waals surface area contributed by atoms with Crippen molar-refractivity contribution in [3.8, 4) is 11.5 Å². The fraction of sp³-hybridized carbons (Fsp3) is 0.0667. The van der Waals surface area contributed by atoms with E-state index in [0.717, 1.165) is 10.9 Å². The van der Waals surface area contributed by atoms with Crippen LogP contribution in [0.1, 0.15) is 5.56 Å². The van der Waals surface area contributed by atoms with E-state index in [1.54, 1.807) is 36.6 Å². The Hall–Kier alpha value is -2.49. The third-order valence-electron chi connectivity index (χ3n) is 2.85. The summed E-state index contributed by atoms with van der Waals surface area (Å²) in [4.78, 5) is 0. The van der Waals surface area contributed by atoms with Gasteiger partial charge in [0.15, 0.2) is 0 Å². The monoisotopic (exact) mass is 258 g/mol. The molecule has 0 saturated heterocycles. The number of phenols is 1. The van der Waals surface area contributed by atoms with Crippen LogP contribution < -0.4 is 4.74 Å². The lowest BCUT2D eigenvalue weighted by atomic mass is 10.2. The molecule has 0 aliphatic heterocycles. The number of rotatable bonds is 3. The van der Waals surface area contributed by atoms with Gasteiger partial charge < -0.3 is 14.3 Å². The molecule has 0 unspecified atom stereocenters. The molecule has 0 saturated carbocycles. The van der Waals surface area contributed by atoms with Gasteiger partial charge in [0.25, 0.3) is 0 Å². The number of hydrogen-bond donors (Lipinski definition) is 1. The third kappa shape index (κ3) is 2.38. The maximum Gasteiger partial charge on any atom is 0.137 e. The highest BCUT2D eigenvalue weighted by Gasteiger charge is 2.07. The second-order valence-corrected chi connectivity index (χ2v) is 4.18. The third-order valence-corrected chi connectivity index (χ3v) is 2.85. The molecule has 0 spiro atoms. The first-order valence-corrected chi connectivity index (χ1v) is 5.80. The normalized spacial score (nSPS) is 10.8. The standard InChI is InChI=1S/C15H11FO3/c16-11-1-6-14-10(9-19-15(14)7-11)8-18-13-4-2-12(17)3-5-13/h1-7,9,17H,8H2. The highest BCUT2D eigenvalue weighted by Crippen LogP contribution is 2.24. The van der Waals surface area contributed by atoms with E-state index in [-0.39, 0.29) is 11.6 Å². The minimum Gasteiger partial charge on any atom is -0.508 e. The number of phenolic OH excluding ortho intramolecular Hbond substituents is 1. The van der Waals surface area contributed by atoms with Crippen LogP contribution in [0, 0.1) is 5.82 Å². The number of furan rings is 1. The minimum absolute atomic E-state index is 0.191. The minimum atomic E-state index is -0.326. The van der Waals surface area contributed by atoms with Crippen LogP contribution in [0.5, 0.6) is 11.5 Å². The van der Waals surface area contributed by atoms with E-state index < -0.39 is 0 Å². The van der Waals surface area contributed by atoms with Crippen LogP contribution in [0.2, 0.25) is 0 Å². The van der Waals surface area contributed by atoms with Gasteiger partial charge in [0.1, 0.15) is 29.5 Å². The summed E-state index contributed by atoms with van der Waals surface area (Å²) in [5.74, 6) is 0.513. The van der Waals surface area contributed by atoms with Crippen LogP contribution >= 0.6 is 0 Å². The maximum absolute atomic E-state index is 13.0. The Morgan fingerprint density at radius 3 is 2.68 bits per heavy atom. The molecular formula is C15H11FO3. The first-order valence-electron chi connectivity index (χ1n) is 5.80. The van der Waals surface area contributed by atoms with Gasteiger partial charge in [0.2, 0.25) is 0 Å². The van der Waals surface area contributed by atoms with Crippen molar-refractivity contribution >= 4 is 11.0 Å². The van der Waals surface area contributed by atoms with E-state index in [1.807, 2.05) is 0 Å². The highest BCUT2D eigenvalue weighted by atomic mass is 19.1. The summed E-state index contributed by atoms with van der Waals surface area (Å²) in [6, 6.07) is 10.9. The molecule has 96 valence electrons. The van der Waals surface area contributed by atoms with Gasteiger partial charge in [-0.25, -0.2) is 4.39 Å². The molecule has 3 nitrogen and oxygen atoms in total. The van der Waals surface area contributed by atoms with E-state index in [2.05, 4.69) is 0 Å². The van der Waals surface area contributed by atoms with Gasteiger partial charge in [-0.3, -0.25) is 0 Å². The molecular weight excluding hydrogens is 247 g/mol. The van der Waals surface area contributed by atoms with E-state index in [0.29, 0.717) is 17.9 Å². The zero-order valence-electron chi connectivity index (χ0n) is 9.97. The van der Waals surface area contributed by atoms with Gasteiger partial charge in [0, 0.05) is 17.0 Å². The molecule has 19 heavy (non-hydrogen) atoms. The lowest BCUT2D eigenvalue weighted by molar-refractivity contribution is 0.305. The SMILES string of the molecule is Oc1ccc(OCc2coc3cc(F)ccc23)cc1. The Bertz CT molecular complexity index is 701. The zero-order chi connectivity index (χ0) is 13.2. The smallest absolute Gasteiger partial charge is 0.137 e. The van der Waals surface area contributed by atoms with E-state index in [4.69, 9.17) is 9.15 Å². The predicted molar refractivity (Wildman–Crippen MR) is 68.6 cm³/mol. The lowest BCUT2D eigenvalue weighted by Crippen LogP contribution is -1.93. The summed E-state index contributed by atoms with van der Waals surface area (Å²) in [7, 11) is 0. The van der Waals surface area contributed by atoms with E-state index in [1.165, 1.54) is 12.1 Å². The van der Waals surface area contributed by atoms with E-state index >= 15 is 0 Å². The molecule has 0 atom stereocenters. The average molecular weight is 258 g/mol. The predicted octanol–water partition coefficient (Wildman–Crippen LogP) is 3.86. The molecule has 0 aliphatic carbocycles. The van der Waals surface area contributed by atoms with Crippen molar-refractivity contribution in [2.45, 2.75) is 6.61 Å². The molecule has 2 aromatic carbocycles. The topological polar surface area (TPSA) is 42.6 Å². The first kappa shape index (κ1) is 11.6. The number of aromatic hydroxyl groups is 1. The van der Waals surface area contributed by atoms with Crippen molar-refractivity contribution in [2.75, 3.05) is 0 Å². The molecule has 0 bridgehead atoms. The largest absolute Gasteiger partial charge is 0.508 e. The molecule has 3 rings (SSSR count). The molecule has 1 heterocycles.